The Labute approximate surface area is 422 Å². The van der Waals surface area contributed by atoms with Crippen LogP contribution in [0.4, 0.5) is 11.4 Å². The highest BCUT2D eigenvalue weighted by Gasteiger charge is 2.65. The van der Waals surface area contributed by atoms with E-state index in [4.69, 9.17) is 38.4 Å². The van der Waals surface area contributed by atoms with Gasteiger partial charge in [0.15, 0.2) is 11.5 Å². The number of aliphatic hydroxyl groups excluding tert-OH is 2. The molecular weight excluding hydrogens is 941 g/mol. The van der Waals surface area contributed by atoms with Gasteiger partial charge in [0.05, 0.1) is 40.8 Å². The van der Waals surface area contributed by atoms with Gasteiger partial charge in [-0.15, -0.1) is 6.58 Å². The average molecular weight is 1000 g/mol. The van der Waals surface area contributed by atoms with Crippen LogP contribution in [0.1, 0.15) is 86.8 Å². The van der Waals surface area contributed by atoms with Crippen LogP contribution in [0, 0.1) is 38.0 Å². The Balaban J connectivity index is 1.24. The molecule has 18 heteroatoms. The molecule has 384 valence electrons. The van der Waals surface area contributed by atoms with E-state index in [0.717, 1.165) is 42.4 Å². The molecule has 1 saturated carbocycles. The van der Waals surface area contributed by atoms with Crippen molar-refractivity contribution in [3.8, 4) is 28.7 Å². The molecular formula is C55H60N4O14. The van der Waals surface area contributed by atoms with E-state index in [0.29, 0.717) is 73.0 Å². The topological polar surface area (TPSA) is 224 Å². The smallest absolute Gasteiger partial charge is 0.273 e. The zero-order valence-corrected chi connectivity index (χ0v) is 40.5. The van der Waals surface area contributed by atoms with Gasteiger partial charge in [-0.3, -0.25) is 25.0 Å². The summed E-state index contributed by atoms with van der Waals surface area (Å²) in [4.78, 5) is 45.7. The zero-order chi connectivity index (χ0) is 50.9. The Morgan fingerprint density at radius 3 is 2.40 bits per heavy atom. The number of carbonyl (C=O) groups is 1. The first-order chi connectivity index (χ1) is 35.6. The minimum absolute atomic E-state index is 0.00808. The Kier molecular flexibility index (Phi) is 16.1. The number of nitrogens with zero attached hydrogens (tertiary/aromatic N) is 4. The third-order valence-corrected chi connectivity index (χ3v) is 14.3. The second kappa shape index (κ2) is 23.2. The van der Waals surface area contributed by atoms with Crippen LogP contribution in [0.5, 0.6) is 28.7 Å². The van der Waals surface area contributed by atoms with Gasteiger partial charge < -0.3 is 48.4 Å². The van der Waals surface area contributed by atoms with Gasteiger partial charge in [0.2, 0.25) is 24.8 Å². The highest BCUT2D eigenvalue weighted by Crippen LogP contribution is 2.62. The fraction of sp³-hybridized carbons (Fsp3) is 0.418. The second-order valence-electron chi connectivity index (χ2n) is 18.9. The Bertz CT molecular complexity index is 2740. The van der Waals surface area contributed by atoms with Crippen molar-refractivity contribution in [3.05, 3.63) is 152 Å². The summed E-state index contributed by atoms with van der Waals surface area (Å²) in [5.41, 5.74) is 3.26. The zero-order valence-electron chi connectivity index (χ0n) is 40.5. The van der Waals surface area contributed by atoms with Crippen LogP contribution in [-0.4, -0.2) is 87.9 Å². The number of hydrogen-bond donors (Lipinski definition) is 2. The summed E-state index contributed by atoms with van der Waals surface area (Å²) < 4.78 is 38.5. The molecule has 0 bridgehead atoms. The van der Waals surface area contributed by atoms with Crippen LogP contribution in [0.3, 0.4) is 0 Å². The lowest BCUT2D eigenvalue weighted by Crippen LogP contribution is -2.70. The molecule has 4 aromatic rings. The minimum Gasteiger partial charge on any atom is -0.459 e. The molecule has 5 aliphatic rings. The van der Waals surface area contributed by atoms with E-state index in [1.807, 2.05) is 24.3 Å². The summed E-state index contributed by atoms with van der Waals surface area (Å²) in [7, 11) is 0. The van der Waals surface area contributed by atoms with Gasteiger partial charge in [-0.05, 0) is 122 Å². The molecule has 9 rings (SSSR count). The van der Waals surface area contributed by atoms with Crippen LogP contribution in [0.2, 0.25) is 0 Å². The number of aliphatic hydroxyl groups is 2. The lowest BCUT2D eigenvalue weighted by Gasteiger charge is -2.60. The number of carbonyl (C=O) groups excluding carboxylic acids is 1. The number of amides is 1. The van der Waals surface area contributed by atoms with Gasteiger partial charge in [0, 0.05) is 68.4 Å². The quantitative estimate of drug-likeness (QED) is 0.0246. The number of nitro groups is 2. The van der Waals surface area contributed by atoms with Crippen molar-refractivity contribution < 1.29 is 58.1 Å². The van der Waals surface area contributed by atoms with E-state index in [9.17, 15) is 30.4 Å². The monoisotopic (exact) mass is 1000 g/mol. The summed E-state index contributed by atoms with van der Waals surface area (Å²) >= 11 is 0. The summed E-state index contributed by atoms with van der Waals surface area (Å²) in [6.07, 6.45) is 12.9. The molecule has 0 radical (unpaired) electrons. The molecule has 18 nitrogen and oxygen atoms in total. The predicted molar refractivity (Wildman–Crippen MR) is 268 cm³/mol. The van der Waals surface area contributed by atoms with Crippen LogP contribution < -0.4 is 18.9 Å². The molecule has 7 unspecified atom stereocenters. The van der Waals surface area contributed by atoms with Gasteiger partial charge in [-0.1, -0.05) is 42.3 Å². The van der Waals surface area contributed by atoms with Crippen molar-refractivity contribution in [1.29, 1.82) is 0 Å². The number of rotatable bonds is 22. The maximum absolute atomic E-state index is 15.4. The summed E-state index contributed by atoms with van der Waals surface area (Å²) in [6.45, 7) is 4.73. The SMILES string of the molecule is C=CCOC12Oc3ccc(Oc4cccc([N+](=O)[O-])c4)cc3C3C(CCCCO)C(CCCCO)C=C(C(=NOC4CCCCO4)CC1N(Cc1ccc4c(c1)OCO4)C(=O)C=Cc1ccc([N+](=O)[O-])cc1)C32. The number of benzene rings is 4. The fourth-order valence-corrected chi connectivity index (χ4v) is 11.0. The molecule has 0 spiro atoms. The highest BCUT2D eigenvalue weighted by atomic mass is 16.8. The Hall–Kier alpha value is -7.12. The van der Waals surface area contributed by atoms with Crippen LogP contribution in [-0.2, 0) is 25.7 Å². The first kappa shape index (κ1) is 50.8. The summed E-state index contributed by atoms with van der Waals surface area (Å²) in [5, 5.41) is 48.4. The molecule has 73 heavy (non-hydrogen) atoms. The third-order valence-electron chi connectivity index (χ3n) is 14.3. The van der Waals surface area contributed by atoms with Crippen molar-refractivity contribution >= 4 is 29.1 Å². The average Bonchev–Trinajstić information content (AvgIpc) is 3.89. The van der Waals surface area contributed by atoms with E-state index < -0.39 is 45.7 Å². The van der Waals surface area contributed by atoms with Crippen molar-refractivity contribution in [1.82, 2.24) is 4.90 Å². The normalized spacial score (nSPS) is 24.2. The van der Waals surface area contributed by atoms with Crippen LogP contribution >= 0.6 is 0 Å². The number of fused-ring (bicyclic) bond motifs is 3. The van der Waals surface area contributed by atoms with E-state index in [1.54, 1.807) is 53.5 Å². The van der Waals surface area contributed by atoms with Gasteiger partial charge in [0.25, 0.3) is 11.4 Å². The van der Waals surface area contributed by atoms with Gasteiger partial charge in [-0.25, -0.2) is 0 Å². The summed E-state index contributed by atoms with van der Waals surface area (Å²) in [6, 6.07) is 21.9. The number of non-ortho nitro benzene ring substituents is 2. The van der Waals surface area contributed by atoms with E-state index in [-0.39, 0.29) is 68.5 Å². The number of oxime groups is 1. The predicted octanol–water partition coefficient (Wildman–Crippen LogP) is 9.93. The van der Waals surface area contributed by atoms with Gasteiger partial charge in [0.1, 0.15) is 23.3 Å². The van der Waals surface area contributed by atoms with Crippen molar-refractivity contribution in [2.24, 2.45) is 22.9 Å². The maximum Gasteiger partial charge on any atom is 0.273 e. The summed E-state index contributed by atoms with van der Waals surface area (Å²) in [5.74, 6) is -1.02. The maximum atomic E-state index is 15.4. The van der Waals surface area contributed by atoms with Crippen molar-refractivity contribution in [2.75, 3.05) is 33.2 Å². The minimum atomic E-state index is -1.63. The first-order valence-corrected chi connectivity index (χ1v) is 25.0. The first-order valence-electron chi connectivity index (χ1n) is 25.0. The highest BCUT2D eigenvalue weighted by molar-refractivity contribution is 6.03. The van der Waals surface area contributed by atoms with E-state index in [2.05, 4.69) is 12.7 Å². The third kappa shape index (κ3) is 11.3. The van der Waals surface area contributed by atoms with Crippen LogP contribution in [0.15, 0.2) is 120 Å². The van der Waals surface area contributed by atoms with Crippen molar-refractivity contribution in [3.63, 3.8) is 0 Å². The number of ether oxygens (including phenoxy) is 6. The molecule has 2 N–H and O–H groups in total. The van der Waals surface area contributed by atoms with E-state index in [1.165, 1.54) is 30.3 Å². The fourth-order valence-electron chi connectivity index (χ4n) is 11.0. The number of allylic oxidation sites excluding steroid dienone is 1. The van der Waals surface area contributed by atoms with Crippen LogP contribution in [0.25, 0.3) is 6.08 Å². The second-order valence-corrected chi connectivity index (χ2v) is 18.9. The number of nitro benzene ring substituents is 2. The molecule has 7 atom stereocenters. The molecule has 1 saturated heterocycles. The largest absolute Gasteiger partial charge is 0.459 e. The molecule has 0 aromatic heterocycles. The standard InChI is InChI=1S/C55H60N4O14/c1-2-27-70-55-50(57(34-37-17-22-48-49(29-37)69-35-68-48)51(62)24-18-36-15-19-39(20-16-36)58(63)64)33-46(56-73-52-14-5-8-28-67-52)44-30-38(10-3-6-25-60)43(13-4-7-26-61)53(54(44)55)45-32-42(21-23-47(45)72-55)71-41-12-9-11-40(31-41)59(65)66/h2,9,11-12,15-24,29-32,38,43,50,52-54,60-61H,1,3-8,10,13-14,25-28,33-35H2. The van der Waals surface area contributed by atoms with Gasteiger partial charge in [-0.2, -0.15) is 0 Å². The lowest BCUT2D eigenvalue weighted by molar-refractivity contribution is -0.385. The molecule has 4 aromatic carbocycles. The van der Waals surface area contributed by atoms with Gasteiger partial charge >= 0.3 is 0 Å². The van der Waals surface area contributed by atoms with Crippen molar-refractivity contribution in [2.45, 2.75) is 94.8 Å². The number of unbranched alkanes of at least 4 members (excludes halogenated alkanes) is 2. The molecule has 2 fully saturated rings. The Morgan fingerprint density at radius 1 is 0.877 bits per heavy atom. The lowest BCUT2D eigenvalue weighted by atomic mass is 9.55. The Morgan fingerprint density at radius 2 is 1.64 bits per heavy atom. The van der Waals surface area contributed by atoms with E-state index >= 15 is 4.79 Å². The number of hydrogen-bond acceptors (Lipinski definition) is 15. The molecule has 1 amide bonds. The molecule has 3 aliphatic heterocycles. The molecule has 3 heterocycles. The molecule has 2 aliphatic carbocycles.